The number of carbonyl (C=O) groups is 1. The van der Waals surface area contributed by atoms with Crippen LogP contribution in [-0.4, -0.2) is 62.4 Å². The van der Waals surface area contributed by atoms with Gasteiger partial charge in [-0.25, -0.2) is 0 Å². The molecule has 0 aromatic rings. The minimum Gasteiger partial charge on any atom is -0.465 e. The number of nitrogens with one attached hydrogen (secondary N) is 1. The van der Waals surface area contributed by atoms with E-state index in [0.29, 0.717) is 25.8 Å². The second-order valence-corrected chi connectivity index (χ2v) is 5.67. The van der Waals surface area contributed by atoms with Crippen LogP contribution < -0.4 is 5.32 Å². The first-order valence-corrected chi connectivity index (χ1v) is 7.72. The summed E-state index contributed by atoms with van der Waals surface area (Å²) >= 11 is 0. The predicted octanol–water partition coefficient (Wildman–Crippen LogP) is 1.42. The van der Waals surface area contributed by atoms with E-state index in [-0.39, 0.29) is 5.97 Å². The summed E-state index contributed by atoms with van der Waals surface area (Å²) in [4.78, 5) is 14.6. The number of nitrogens with zero attached hydrogens (tertiary/aromatic N) is 1. The number of carbonyl (C=O) groups excluding carboxylic acids is 1. The minimum atomic E-state index is -0.637. The van der Waals surface area contributed by atoms with Crippen molar-refractivity contribution in [3.8, 4) is 0 Å². The topological polar surface area (TPSA) is 50.8 Å². The zero-order valence-corrected chi connectivity index (χ0v) is 13.4. The summed E-state index contributed by atoms with van der Waals surface area (Å²) in [6.07, 6.45) is 3.43. The number of ether oxygens (including phenoxy) is 2. The fraction of sp³-hybridized carbons (Fsp3) is 0.933. The van der Waals surface area contributed by atoms with Gasteiger partial charge in [-0.15, -0.1) is 0 Å². The molecule has 0 aromatic carbocycles. The molecule has 0 spiro atoms. The molecule has 5 nitrogen and oxygen atoms in total. The Bertz CT molecular complexity index is 295. The fourth-order valence-corrected chi connectivity index (χ4v) is 2.33. The SMILES string of the molecule is CCCNC(C)(CN(CCOC)C1CC1)C(=O)OCC. The quantitative estimate of drug-likeness (QED) is 0.582. The molecule has 0 aliphatic heterocycles. The molecule has 1 N–H and O–H groups in total. The first-order valence-electron chi connectivity index (χ1n) is 7.72. The second kappa shape index (κ2) is 8.60. The van der Waals surface area contributed by atoms with Crippen molar-refractivity contribution in [2.75, 3.05) is 40.0 Å². The average Bonchev–Trinajstić information content (AvgIpc) is 3.26. The summed E-state index contributed by atoms with van der Waals surface area (Å²) in [5.41, 5.74) is -0.637. The second-order valence-electron chi connectivity index (χ2n) is 5.67. The lowest BCUT2D eigenvalue weighted by atomic mass is 10.0. The van der Waals surface area contributed by atoms with Crippen molar-refractivity contribution in [3.05, 3.63) is 0 Å². The molecule has 1 unspecified atom stereocenters. The van der Waals surface area contributed by atoms with Crippen LogP contribution in [0.2, 0.25) is 0 Å². The summed E-state index contributed by atoms with van der Waals surface area (Å²) in [5.74, 6) is -0.156. The van der Waals surface area contributed by atoms with Gasteiger partial charge in [0.1, 0.15) is 5.54 Å². The van der Waals surface area contributed by atoms with E-state index in [0.717, 1.165) is 19.5 Å². The number of esters is 1. The highest BCUT2D eigenvalue weighted by Gasteiger charge is 2.40. The van der Waals surface area contributed by atoms with E-state index in [9.17, 15) is 4.79 Å². The fourth-order valence-electron chi connectivity index (χ4n) is 2.33. The molecule has 0 heterocycles. The van der Waals surface area contributed by atoms with E-state index in [1.807, 2.05) is 13.8 Å². The van der Waals surface area contributed by atoms with Crippen LogP contribution in [0.15, 0.2) is 0 Å². The van der Waals surface area contributed by atoms with E-state index in [1.54, 1.807) is 7.11 Å². The van der Waals surface area contributed by atoms with Crippen LogP contribution in [0.5, 0.6) is 0 Å². The van der Waals surface area contributed by atoms with Crippen LogP contribution in [0.3, 0.4) is 0 Å². The molecule has 118 valence electrons. The average molecular weight is 286 g/mol. The van der Waals surface area contributed by atoms with Gasteiger partial charge in [-0.2, -0.15) is 0 Å². The molecule has 1 atom stereocenters. The number of hydrogen-bond acceptors (Lipinski definition) is 5. The Labute approximate surface area is 123 Å². The lowest BCUT2D eigenvalue weighted by molar-refractivity contribution is -0.151. The van der Waals surface area contributed by atoms with Crippen molar-refractivity contribution >= 4 is 5.97 Å². The summed E-state index contributed by atoms with van der Waals surface area (Å²) in [7, 11) is 1.71. The van der Waals surface area contributed by atoms with Crippen molar-refractivity contribution in [3.63, 3.8) is 0 Å². The Hall–Kier alpha value is -0.650. The summed E-state index contributed by atoms with van der Waals surface area (Å²) < 4.78 is 10.4. The summed E-state index contributed by atoms with van der Waals surface area (Å²) in [6.45, 7) is 9.38. The normalized spacial score (nSPS) is 18.1. The van der Waals surface area contributed by atoms with Gasteiger partial charge in [0.25, 0.3) is 0 Å². The van der Waals surface area contributed by atoms with Gasteiger partial charge >= 0.3 is 5.97 Å². The van der Waals surface area contributed by atoms with Crippen LogP contribution >= 0.6 is 0 Å². The van der Waals surface area contributed by atoms with Crippen molar-refractivity contribution in [1.29, 1.82) is 0 Å². The zero-order chi connectivity index (χ0) is 15.0. The minimum absolute atomic E-state index is 0.156. The van der Waals surface area contributed by atoms with Crippen LogP contribution in [0.1, 0.15) is 40.0 Å². The molecule has 1 aliphatic rings. The molecule has 0 radical (unpaired) electrons. The molecule has 1 aliphatic carbocycles. The monoisotopic (exact) mass is 286 g/mol. The maximum Gasteiger partial charge on any atom is 0.327 e. The molecule has 1 fully saturated rings. The third-order valence-corrected chi connectivity index (χ3v) is 3.66. The Kier molecular flexibility index (Phi) is 7.48. The molecule has 5 heteroatoms. The first-order chi connectivity index (χ1) is 9.57. The van der Waals surface area contributed by atoms with Gasteiger partial charge < -0.3 is 14.8 Å². The molecule has 20 heavy (non-hydrogen) atoms. The maximum atomic E-state index is 12.3. The van der Waals surface area contributed by atoms with Crippen LogP contribution in [0.4, 0.5) is 0 Å². The van der Waals surface area contributed by atoms with Crippen molar-refractivity contribution < 1.29 is 14.3 Å². The third-order valence-electron chi connectivity index (χ3n) is 3.66. The van der Waals surface area contributed by atoms with E-state index in [4.69, 9.17) is 9.47 Å². The molecule has 0 saturated heterocycles. The highest BCUT2D eigenvalue weighted by atomic mass is 16.5. The van der Waals surface area contributed by atoms with Gasteiger partial charge in [0, 0.05) is 26.2 Å². The number of methoxy groups -OCH3 is 1. The Balaban J connectivity index is 2.66. The van der Waals surface area contributed by atoms with E-state index in [2.05, 4.69) is 17.1 Å². The number of rotatable bonds is 11. The van der Waals surface area contributed by atoms with Crippen LogP contribution in [0, 0.1) is 0 Å². The first kappa shape index (κ1) is 17.4. The predicted molar refractivity (Wildman–Crippen MR) is 79.8 cm³/mol. The molecule has 1 saturated carbocycles. The molecular formula is C15H30N2O3. The standard InChI is InChI=1S/C15H30N2O3/c1-5-9-16-15(3,14(18)20-6-2)12-17(10-11-19-4)13-7-8-13/h13,16H,5-12H2,1-4H3. The van der Waals surface area contributed by atoms with E-state index >= 15 is 0 Å². The van der Waals surface area contributed by atoms with Gasteiger partial charge in [-0.1, -0.05) is 6.92 Å². The smallest absolute Gasteiger partial charge is 0.327 e. The van der Waals surface area contributed by atoms with Gasteiger partial charge in [0.15, 0.2) is 0 Å². The molecule has 0 bridgehead atoms. The van der Waals surface area contributed by atoms with Crippen LogP contribution in [0.25, 0.3) is 0 Å². The highest BCUT2D eigenvalue weighted by molar-refractivity contribution is 5.80. The Morgan fingerprint density at radius 2 is 2.10 bits per heavy atom. The Morgan fingerprint density at radius 3 is 2.60 bits per heavy atom. The maximum absolute atomic E-state index is 12.3. The lowest BCUT2D eigenvalue weighted by Gasteiger charge is -2.34. The molecule has 0 amide bonds. The zero-order valence-electron chi connectivity index (χ0n) is 13.4. The van der Waals surface area contributed by atoms with Gasteiger partial charge in [-0.3, -0.25) is 9.69 Å². The van der Waals surface area contributed by atoms with Gasteiger partial charge in [0.05, 0.1) is 13.2 Å². The van der Waals surface area contributed by atoms with Crippen molar-refractivity contribution in [2.45, 2.75) is 51.6 Å². The number of hydrogen-bond donors (Lipinski definition) is 1. The third kappa shape index (κ3) is 5.38. The van der Waals surface area contributed by atoms with E-state index < -0.39 is 5.54 Å². The molecule has 0 aromatic heterocycles. The van der Waals surface area contributed by atoms with E-state index in [1.165, 1.54) is 12.8 Å². The van der Waals surface area contributed by atoms with Crippen LogP contribution in [-0.2, 0) is 14.3 Å². The van der Waals surface area contributed by atoms with Gasteiger partial charge in [-0.05, 0) is 39.7 Å². The summed E-state index contributed by atoms with van der Waals surface area (Å²) in [5, 5.41) is 3.36. The molecule has 1 rings (SSSR count). The largest absolute Gasteiger partial charge is 0.465 e. The Morgan fingerprint density at radius 1 is 1.40 bits per heavy atom. The lowest BCUT2D eigenvalue weighted by Crippen LogP contribution is -2.58. The molecular weight excluding hydrogens is 256 g/mol. The van der Waals surface area contributed by atoms with Gasteiger partial charge in [0.2, 0.25) is 0 Å². The highest BCUT2D eigenvalue weighted by Crippen LogP contribution is 2.28. The summed E-state index contributed by atoms with van der Waals surface area (Å²) in [6, 6.07) is 0.599. The van der Waals surface area contributed by atoms with Crippen molar-refractivity contribution in [1.82, 2.24) is 10.2 Å². The van der Waals surface area contributed by atoms with Crippen molar-refractivity contribution in [2.24, 2.45) is 0 Å².